The molecule has 2 rings (SSSR count). The SMILES string of the molecule is O=C(Nc1cccc(CNCC2(O)CCC2)c1)C(F)(F)F. The van der Waals surface area contributed by atoms with E-state index in [1.807, 2.05) is 5.32 Å². The van der Waals surface area contributed by atoms with E-state index in [1.54, 1.807) is 12.1 Å². The van der Waals surface area contributed by atoms with E-state index >= 15 is 0 Å². The molecule has 0 spiro atoms. The highest BCUT2D eigenvalue weighted by Gasteiger charge is 2.38. The number of benzene rings is 1. The highest BCUT2D eigenvalue weighted by atomic mass is 19.4. The van der Waals surface area contributed by atoms with Crippen molar-refractivity contribution in [2.24, 2.45) is 0 Å². The van der Waals surface area contributed by atoms with Crippen LogP contribution in [0.15, 0.2) is 24.3 Å². The van der Waals surface area contributed by atoms with Crippen LogP contribution < -0.4 is 10.6 Å². The molecule has 4 nitrogen and oxygen atoms in total. The molecule has 1 amide bonds. The Morgan fingerprint density at radius 2 is 2.05 bits per heavy atom. The predicted molar refractivity (Wildman–Crippen MR) is 71.6 cm³/mol. The average molecular weight is 302 g/mol. The van der Waals surface area contributed by atoms with Crippen molar-refractivity contribution in [2.75, 3.05) is 11.9 Å². The predicted octanol–water partition coefficient (Wildman–Crippen LogP) is 2.19. The van der Waals surface area contributed by atoms with Gasteiger partial charge in [-0.25, -0.2) is 0 Å². The lowest BCUT2D eigenvalue weighted by atomic mass is 9.80. The minimum atomic E-state index is -4.90. The maximum Gasteiger partial charge on any atom is 0.471 e. The second-order valence-corrected chi connectivity index (χ2v) is 5.33. The minimum Gasteiger partial charge on any atom is -0.389 e. The number of nitrogens with one attached hydrogen (secondary N) is 2. The molecule has 0 heterocycles. The third-order valence-corrected chi connectivity index (χ3v) is 3.51. The monoisotopic (exact) mass is 302 g/mol. The van der Waals surface area contributed by atoms with Crippen LogP contribution in [-0.2, 0) is 11.3 Å². The molecule has 0 aromatic heterocycles. The van der Waals surface area contributed by atoms with E-state index < -0.39 is 17.7 Å². The molecule has 0 saturated heterocycles. The van der Waals surface area contributed by atoms with Gasteiger partial charge in [0.2, 0.25) is 0 Å². The molecule has 3 N–H and O–H groups in total. The van der Waals surface area contributed by atoms with Crippen LogP contribution in [0.3, 0.4) is 0 Å². The summed E-state index contributed by atoms with van der Waals surface area (Å²) in [5, 5.41) is 14.8. The Balaban J connectivity index is 1.87. The summed E-state index contributed by atoms with van der Waals surface area (Å²) in [5.74, 6) is -1.99. The number of amides is 1. The second-order valence-electron chi connectivity index (χ2n) is 5.33. The molecule has 1 fully saturated rings. The van der Waals surface area contributed by atoms with Crippen LogP contribution in [0.25, 0.3) is 0 Å². The van der Waals surface area contributed by atoms with E-state index in [9.17, 15) is 23.1 Å². The van der Waals surface area contributed by atoms with E-state index in [0.717, 1.165) is 24.8 Å². The quantitative estimate of drug-likeness (QED) is 0.781. The van der Waals surface area contributed by atoms with Crippen LogP contribution in [0.1, 0.15) is 24.8 Å². The summed E-state index contributed by atoms with van der Waals surface area (Å²) in [7, 11) is 0. The zero-order valence-corrected chi connectivity index (χ0v) is 11.3. The van der Waals surface area contributed by atoms with Crippen LogP contribution in [0.2, 0.25) is 0 Å². The Labute approximate surface area is 120 Å². The number of hydrogen-bond donors (Lipinski definition) is 3. The minimum absolute atomic E-state index is 0.0963. The molecule has 7 heteroatoms. The van der Waals surface area contributed by atoms with Gasteiger partial charge in [-0.15, -0.1) is 0 Å². The van der Waals surface area contributed by atoms with Gasteiger partial charge in [0.1, 0.15) is 0 Å². The Morgan fingerprint density at radius 1 is 1.33 bits per heavy atom. The van der Waals surface area contributed by atoms with Gasteiger partial charge < -0.3 is 15.7 Å². The fourth-order valence-electron chi connectivity index (χ4n) is 2.16. The van der Waals surface area contributed by atoms with Gasteiger partial charge in [0.05, 0.1) is 5.60 Å². The fourth-order valence-corrected chi connectivity index (χ4v) is 2.16. The van der Waals surface area contributed by atoms with Gasteiger partial charge in [-0.2, -0.15) is 13.2 Å². The second kappa shape index (κ2) is 6.03. The van der Waals surface area contributed by atoms with Crippen molar-refractivity contribution >= 4 is 11.6 Å². The van der Waals surface area contributed by atoms with Gasteiger partial charge in [0.15, 0.2) is 0 Å². The smallest absolute Gasteiger partial charge is 0.389 e. The van der Waals surface area contributed by atoms with E-state index in [-0.39, 0.29) is 5.69 Å². The lowest BCUT2D eigenvalue weighted by Gasteiger charge is -2.36. The first-order valence-electron chi connectivity index (χ1n) is 6.69. The molecule has 0 radical (unpaired) electrons. The topological polar surface area (TPSA) is 61.4 Å². The van der Waals surface area contributed by atoms with Crippen molar-refractivity contribution < 1.29 is 23.1 Å². The van der Waals surface area contributed by atoms with Crippen molar-refractivity contribution in [3.8, 4) is 0 Å². The van der Waals surface area contributed by atoms with Crippen LogP contribution in [0.4, 0.5) is 18.9 Å². The molecular formula is C14H17F3N2O2. The lowest BCUT2D eigenvalue weighted by Crippen LogP contribution is -2.45. The number of hydrogen-bond acceptors (Lipinski definition) is 3. The third-order valence-electron chi connectivity index (χ3n) is 3.51. The molecule has 0 unspecified atom stereocenters. The maximum absolute atomic E-state index is 12.2. The zero-order chi connectivity index (χ0) is 15.5. The molecule has 21 heavy (non-hydrogen) atoms. The Hall–Kier alpha value is -1.60. The first kappa shape index (κ1) is 15.8. The molecule has 0 atom stereocenters. The summed E-state index contributed by atoms with van der Waals surface area (Å²) in [6, 6.07) is 6.18. The van der Waals surface area contributed by atoms with Crippen molar-refractivity contribution in [1.29, 1.82) is 0 Å². The van der Waals surface area contributed by atoms with Crippen LogP contribution in [0, 0.1) is 0 Å². The van der Waals surface area contributed by atoms with E-state index in [2.05, 4.69) is 5.32 Å². The van der Waals surface area contributed by atoms with Gasteiger partial charge in [-0.1, -0.05) is 12.1 Å². The zero-order valence-electron chi connectivity index (χ0n) is 11.3. The summed E-state index contributed by atoms with van der Waals surface area (Å²) in [6.45, 7) is 0.865. The van der Waals surface area contributed by atoms with Crippen molar-refractivity contribution in [3.63, 3.8) is 0 Å². The molecule has 1 aromatic rings. The van der Waals surface area contributed by atoms with E-state index in [0.29, 0.717) is 13.1 Å². The molecular weight excluding hydrogens is 285 g/mol. The number of carbonyl (C=O) groups excluding carboxylic acids is 1. The first-order chi connectivity index (χ1) is 9.78. The summed E-state index contributed by atoms with van der Waals surface area (Å²) >= 11 is 0. The normalized spacial score (nSPS) is 17.1. The highest BCUT2D eigenvalue weighted by molar-refractivity contribution is 5.94. The van der Waals surface area contributed by atoms with Crippen molar-refractivity contribution in [3.05, 3.63) is 29.8 Å². The van der Waals surface area contributed by atoms with E-state index in [4.69, 9.17) is 0 Å². The van der Waals surface area contributed by atoms with Gasteiger partial charge in [-0.3, -0.25) is 4.79 Å². The van der Waals surface area contributed by atoms with Gasteiger partial charge >= 0.3 is 12.1 Å². The maximum atomic E-state index is 12.2. The Kier molecular flexibility index (Phi) is 4.53. The largest absolute Gasteiger partial charge is 0.471 e. The Bertz CT molecular complexity index is 513. The molecule has 1 saturated carbocycles. The van der Waals surface area contributed by atoms with E-state index in [1.165, 1.54) is 12.1 Å². The summed E-state index contributed by atoms with van der Waals surface area (Å²) < 4.78 is 36.5. The third kappa shape index (κ3) is 4.44. The number of halogens is 3. The van der Waals surface area contributed by atoms with Gasteiger partial charge in [-0.05, 0) is 37.0 Å². The molecule has 0 bridgehead atoms. The molecule has 0 aliphatic heterocycles. The number of carbonyl (C=O) groups is 1. The Morgan fingerprint density at radius 3 is 2.62 bits per heavy atom. The number of alkyl halides is 3. The van der Waals surface area contributed by atoms with Crippen molar-refractivity contribution in [2.45, 2.75) is 37.6 Å². The van der Waals surface area contributed by atoms with Crippen LogP contribution in [-0.4, -0.2) is 29.3 Å². The van der Waals surface area contributed by atoms with Crippen LogP contribution >= 0.6 is 0 Å². The first-order valence-corrected chi connectivity index (χ1v) is 6.69. The summed E-state index contributed by atoms with van der Waals surface area (Å²) in [6.07, 6.45) is -2.36. The molecule has 116 valence electrons. The molecule has 1 aliphatic carbocycles. The average Bonchev–Trinajstić information content (AvgIpc) is 2.36. The lowest BCUT2D eigenvalue weighted by molar-refractivity contribution is -0.167. The summed E-state index contributed by atoms with van der Waals surface area (Å²) in [4.78, 5) is 10.9. The summed E-state index contributed by atoms with van der Waals surface area (Å²) in [5.41, 5.74) is 0.180. The standard InChI is InChI=1S/C14H17F3N2O2/c15-14(16,17)12(20)19-11-4-1-3-10(7-11)8-18-9-13(21)5-2-6-13/h1,3-4,7,18,21H,2,5-6,8-9H2,(H,19,20). The van der Waals surface area contributed by atoms with Gasteiger partial charge in [0, 0.05) is 18.8 Å². The molecule has 1 aromatic carbocycles. The van der Waals surface area contributed by atoms with Crippen LogP contribution in [0.5, 0.6) is 0 Å². The number of rotatable bonds is 5. The molecule has 1 aliphatic rings. The fraction of sp³-hybridized carbons (Fsp3) is 0.500. The highest BCUT2D eigenvalue weighted by Crippen LogP contribution is 2.30. The van der Waals surface area contributed by atoms with Gasteiger partial charge in [0.25, 0.3) is 0 Å². The number of anilines is 1. The van der Waals surface area contributed by atoms with Crippen molar-refractivity contribution in [1.82, 2.24) is 5.32 Å². The number of aliphatic hydroxyl groups is 1.